The van der Waals surface area contributed by atoms with Crippen LogP contribution in [0.3, 0.4) is 0 Å². The molecule has 2 rings (SSSR count). The lowest BCUT2D eigenvalue weighted by molar-refractivity contribution is 0.0963. The molecule has 0 unspecified atom stereocenters. The number of sulfone groups is 1. The van der Waals surface area contributed by atoms with Gasteiger partial charge >= 0.3 is 0 Å². The Balaban J connectivity index is 2.55. The van der Waals surface area contributed by atoms with Gasteiger partial charge in [-0.25, -0.2) is 8.42 Å². The quantitative estimate of drug-likeness (QED) is 0.912. The maximum Gasteiger partial charge on any atom is 0.251 e. The molecule has 0 spiro atoms. The maximum atomic E-state index is 12.0. The zero-order valence-corrected chi connectivity index (χ0v) is 14.1. The van der Waals surface area contributed by atoms with Gasteiger partial charge in [-0.15, -0.1) is 0 Å². The summed E-state index contributed by atoms with van der Waals surface area (Å²) >= 11 is 0. The van der Waals surface area contributed by atoms with E-state index in [9.17, 15) is 13.2 Å². The minimum Gasteiger partial charge on any atom is -0.493 e. The summed E-state index contributed by atoms with van der Waals surface area (Å²) in [4.78, 5) is 11.9. The van der Waals surface area contributed by atoms with Crippen LogP contribution in [0.25, 0.3) is 11.1 Å². The minimum atomic E-state index is -3.42. The van der Waals surface area contributed by atoms with E-state index in [4.69, 9.17) is 4.74 Å². The fourth-order valence-corrected chi connectivity index (χ4v) is 3.07. The van der Waals surface area contributed by atoms with Gasteiger partial charge in [0.15, 0.2) is 9.84 Å². The van der Waals surface area contributed by atoms with E-state index >= 15 is 0 Å². The van der Waals surface area contributed by atoms with Crippen LogP contribution in [0.5, 0.6) is 5.75 Å². The normalized spacial score (nSPS) is 11.1. The second kappa shape index (κ2) is 6.83. The van der Waals surface area contributed by atoms with Crippen molar-refractivity contribution in [2.45, 2.75) is 11.8 Å². The monoisotopic (exact) mass is 333 g/mol. The van der Waals surface area contributed by atoms with Crippen LogP contribution in [0.1, 0.15) is 17.3 Å². The number of carbonyl (C=O) groups is 1. The molecular weight excluding hydrogens is 314 g/mol. The molecule has 0 heterocycles. The van der Waals surface area contributed by atoms with Crippen LogP contribution in [0.4, 0.5) is 0 Å². The molecule has 5 nitrogen and oxygen atoms in total. The van der Waals surface area contributed by atoms with Gasteiger partial charge in [-0.1, -0.05) is 18.2 Å². The van der Waals surface area contributed by atoms with Crippen molar-refractivity contribution in [2.24, 2.45) is 0 Å². The topological polar surface area (TPSA) is 72.5 Å². The second-order valence-corrected chi connectivity index (χ2v) is 7.01. The number of benzene rings is 2. The molecule has 0 saturated carbocycles. The lowest BCUT2D eigenvalue weighted by Crippen LogP contribution is -2.17. The molecule has 0 aliphatic heterocycles. The predicted octanol–water partition coefficient (Wildman–Crippen LogP) is 2.52. The number of rotatable bonds is 5. The van der Waals surface area contributed by atoms with Crippen molar-refractivity contribution in [2.75, 3.05) is 19.9 Å². The van der Waals surface area contributed by atoms with Crippen LogP contribution in [-0.2, 0) is 9.84 Å². The molecular formula is C17H19NO4S. The molecule has 0 atom stereocenters. The summed E-state index contributed by atoms with van der Waals surface area (Å²) in [5.74, 6) is 0.141. The van der Waals surface area contributed by atoms with Gasteiger partial charge in [-0.3, -0.25) is 4.79 Å². The third kappa shape index (κ3) is 3.90. The summed E-state index contributed by atoms with van der Waals surface area (Å²) in [6.07, 6.45) is 1.15. The summed E-state index contributed by atoms with van der Waals surface area (Å²) < 4.78 is 29.4. The van der Waals surface area contributed by atoms with Gasteiger partial charge in [0.25, 0.3) is 5.91 Å². The van der Waals surface area contributed by atoms with Crippen molar-refractivity contribution in [3.05, 3.63) is 48.0 Å². The van der Waals surface area contributed by atoms with E-state index in [-0.39, 0.29) is 10.8 Å². The van der Waals surface area contributed by atoms with Gasteiger partial charge in [0.05, 0.1) is 6.61 Å². The van der Waals surface area contributed by atoms with Crippen LogP contribution in [0.2, 0.25) is 0 Å². The Bertz CT molecular complexity index is 828. The molecule has 1 amide bonds. The van der Waals surface area contributed by atoms with Crippen LogP contribution in [-0.4, -0.2) is 34.2 Å². The van der Waals surface area contributed by atoms with Crippen molar-refractivity contribution >= 4 is 15.7 Å². The maximum absolute atomic E-state index is 12.0. The summed E-state index contributed by atoms with van der Waals surface area (Å²) in [6.45, 7) is 2.18. The Hall–Kier alpha value is -2.34. The largest absolute Gasteiger partial charge is 0.493 e. The van der Waals surface area contributed by atoms with Crippen LogP contribution < -0.4 is 10.1 Å². The zero-order chi connectivity index (χ0) is 17.0. The third-order valence-electron chi connectivity index (χ3n) is 3.33. The first-order valence-electron chi connectivity index (χ1n) is 7.16. The molecule has 0 aliphatic rings. The Kier molecular flexibility index (Phi) is 5.05. The lowest BCUT2D eigenvalue weighted by atomic mass is 10.0. The smallest absolute Gasteiger partial charge is 0.251 e. The number of ether oxygens (including phenoxy) is 1. The highest BCUT2D eigenvalue weighted by molar-refractivity contribution is 7.90. The number of hydrogen-bond acceptors (Lipinski definition) is 4. The Morgan fingerprint density at radius 2 is 1.83 bits per heavy atom. The highest BCUT2D eigenvalue weighted by Crippen LogP contribution is 2.30. The number of amides is 1. The highest BCUT2D eigenvalue weighted by Gasteiger charge is 2.16. The standard InChI is InChI=1S/C17H19NO4S/c1-4-22-15-9-8-13(11-16(15)23(3,20)21)12-6-5-7-14(10-12)17(19)18-2/h5-11H,4H2,1-3H3,(H,18,19). The average molecular weight is 333 g/mol. The molecule has 2 aromatic rings. The first-order valence-corrected chi connectivity index (χ1v) is 9.05. The fourth-order valence-electron chi connectivity index (χ4n) is 2.24. The van der Waals surface area contributed by atoms with Crippen molar-refractivity contribution < 1.29 is 17.9 Å². The van der Waals surface area contributed by atoms with E-state index in [2.05, 4.69) is 5.32 Å². The summed E-state index contributed by atoms with van der Waals surface area (Å²) in [5.41, 5.74) is 1.98. The van der Waals surface area contributed by atoms with E-state index in [0.29, 0.717) is 23.5 Å². The molecule has 0 bridgehead atoms. The molecule has 6 heteroatoms. The molecule has 122 valence electrons. The molecule has 2 aromatic carbocycles. The van der Waals surface area contributed by atoms with Gasteiger partial charge in [0.1, 0.15) is 10.6 Å². The van der Waals surface area contributed by atoms with Crippen molar-refractivity contribution in [3.8, 4) is 16.9 Å². The highest BCUT2D eigenvalue weighted by atomic mass is 32.2. The van der Waals surface area contributed by atoms with Crippen molar-refractivity contribution in [1.82, 2.24) is 5.32 Å². The summed E-state index contributed by atoms with van der Waals surface area (Å²) in [7, 11) is -1.86. The van der Waals surface area contributed by atoms with Crippen molar-refractivity contribution in [1.29, 1.82) is 0 Å². The van der Waals surface area contributed by atoms with E-state index < -0.39 is 9.84 Å². The first-order chi connectivity index (χ1) is 10.9. The van der Waals surface area contributed by atoms with Gasteiger partial charge in [0.2, 0.25) is 0 Å². The zero-order valence-electron chi connectivity index (χ0n) is 13.3. The summed E-state index contributed by atoms with van der Waals surface area (Å²) in [5, 5.41) is 2.57. The molecule has 0 fully saturated rings. The molecule has 1 N–H and O–H groups in total. The second-order valence-electron chi connectivity index (χ2n) is 5.03. The fraction of sp³-hybridized carbons (Fsp3) is 0.235. The summed E-state index contributed by atoms with van der Waals surface area (Å²) in [6, 6.07) is 12.0. The lowest BCUT2D eigenvalue weighted by Gasteiger charge is -2.11. The van der Waals surface area contributed by atoms with E-state index in [0.717, 1.165) is 11.8 Å². The molecule has 0 aliphatic carbocycles. The molecule has 0 radical (unpaired) electrons. The third-order valence-corrected chi connectivity index (χ3v) is 4.45. The Labute approximate surface area is 136 Å². The number of carbonyl (C=O) groups excluding carboxylic acids is 1. The number of nitrogens with one attached hydrogen (secondary N) is 1. The van der Waals surface area contributed by atoms with Gasteiger partial charge in [-0.2, -0.15) is 0 Å². The van der Waals surface area contributed by atoms with Gasteiger partial charge in [0, 0.05) is 18.9 Å². The van der Waals surface area contributed by atoms with Crippen LogP contribution in [0, 0.1) is 0 Å². The van der Waals surface area contributed by atoms with Crippen molar-refractivity contribution in [3.63, 3.8) is 0 Å². The van der Waals surface area contributed by atoms with E-state index in [1.165, 1.54) is 0 Å². The van der Waals surface area contributed by atoms with Gasteiger partial charge < -0.3 is 10.1 Å². The van der Waals surface area contributed by atoms with Crippen LogP contribution in [0.15, 0.2) is 47.4 Å². The molecule has 23 heavy (non-hydrogen) atoms. The van der Waals surface area contributed by atoms with Crippen LogP contribution >= 0.6 is 0 Å². The SMILES string of the molecule is CCOc1ccc(-c2cccc(C(=O)NC)c2)cc1S(C)(=O)=O. The Morgan fingerprint density at radius 3 is 2.43 bits per heavy atom. The van der Waals surface area contributed by atoms with Gasteiger partial charge in [-0.05, 0) is 42.3 Å². The molecule has 0 aromatic heterocycles. The van der Waals surface area contributed by atoms with E-state index in [1.54, 1.807) is 50.4 Å². The minimum absolute atomic E-state index is 0.141. The average Bonchev–Trinajstić information content (AvgIpc) is 2.54. The van der Waals surface area contributed by atoms with E-state index in [1.807, 2.05) is 6.07 Å². The Morgan fingerprint density at radius 1 is 1.13 bits per heavy atom. The number of hydrogen-bond donors (Lipinski definition) is 1. The molecule has 0 saturated heterocycles. The predicted molar refractivity (Wildman–Crippen MR) is 89.5 cm³/mol. The first kappa shape index (κ1) is 17.0.